The molecule has 0 aliphatic heterocycles. The third-order valence-electron chi connectivity index (χ3n) is 5.65. The lowest BCUT2D eigenvalue weighted by molar-refractivity contribution is 0.639. The van der Waals surface area contributed by atoms with E-state index in [2.05, 4.69) is 21.4 Å². The number of benzene rings is 3. The average Bonchev–Trinajstić information content (AvgIpc) is 3.20. The molecular formula is C24H17FN6O. The molecule has 0 bridgehead atoms. The van der Waals surface area contributed by atoms with Crippen molar-refractivity contribution < 1.29 is 4.39 Å². The van der Waals surface area contributed by atoms with Crippen molar-refractivity contribution in [3.8, 4) is 28.5 Å². The second-order valence-corrected chi connectivity index (χ2v) is 7.44. The highest BCUT2D eigenvalue weighted by atomic mass is 19.1. The van der Waals surface area contributed by atoms with Crippen LogP contribution >= 0.6 is 0 Å². The number of rotatable bonds is 3. The number of hydrogen-bond acceptors (Lipinski definition) is 5. The summed E-state index contributed by atoms with van der Waals surface area (Å²) in [6, 6.07) is 16.1. The first-order valence-electron chi connectivity index (χ1n) is 9.89. The van der Waals surface area contributed by atoms with Crippen LogP contribution in [-0.2, 0) is 13.6 Å². The van der Waals surface area contributed by atoms with Crippen LogP contribution in [0.2, 0.25) is 0 Å². The van der Waals surface area contributed by atoms with E-state index in [4.69, 9.17) is 5.73 Å². The summed E-state index contributed by atoms with van der Waals surface area (Å²) in [4.78, 5) is 12.2. The van der Waals surface area contributed by atoms with Crippen LogP contribution in [0.25, 0.3) is 43.9 Å². The van der Waals surface area contributed by atoms with Gasteiger partial charge in [0.2, 0.25) is 0 Å². The van der Waals surface area contributed by atoms with Gasteiger partial charge in [-0.25, -0.2) is 9.49 Å². The Bertz CT molecular complexity index is 1630. The van der Waals surface area contributed by atoms with Crippen molar-refractivity contribution in [1.29, 1.82) is 5.26 Å². The quantitative estimate of drug-likeness (QED) is 0.459. The number of aromatic amines is 1. The summed E-state index contributed by atoms with van der Waals surface area (Å²) in [5.41, 5.74) is 8.23. The molecule has 0 amide bonds. The molecule has 3 aromatic carbocycles. The Morgan fingerprint density at radius 3 is 2.75 bits per heavy atom. The molecule has 0 atom stereocenters. The highest BCUT2D eigenvalue weighted by molar-refractivity contribution is 5.95. The minimum atomic E-state index is -0.481. The molecule has 156 valence electrons. The maximum Gasteiger partial charge on any atom is 0.272 e. The van der Waals surface area contributed by atoms with Crippen molar-refractivity contribution in [2.45, 2.75) is 6.54 Å². The summed E-state index contributed by atoms with van der Waals surface area (Å²) in [6.45, 7) is 0.147. The molecule has 0 unspecified atom stereocenters. The highest BCUT2D eigenvalue weighted by Crippen LogP contribution is 2.38. The molecule has 3 N–H and O–H groups in total. The first kappa shape index (κ1) is 19.6. The van der Waals surface area contributed by atoms with E-state index >= 15 is 4.39 Å². The van der Waals surface area contributed by atoms with E-state index in [1.54, 1.807) is 66.5 Å². The minimum Gasteiger partial charge on any atom is -0.325 e. The number of hydrogen-bond donors (Lipinski definition) is 2. The van der Waals surface area contributed by atoms with Crippen molar-refractivity contribution >= 4 is 21.5 Å². The van der Waals surface area contributed by atoms with Gasteiger partial charge in [0.1, 0.15) is 5.82 Å². The molecule has 0 aliphatic rings. The van der Waals surface area contributed by atoms with E-state index in [1.165, 1.54) is 0 Å². The molecule has 5 aromatic rings. The van der Waals surface area contributed by atoms with E-state index < -0.39 is 5.82 Å². The third-order valence-corrected chi connectivity index (χ3v) is 5.65. The van der Waals surface area contributed by atoms with Crippen LogP contribution < -0.4 is 11.3 Å². The zero-order valence-electron chi connectivity index (χ0n) is 17.1. The largest absolute Gasteiger partial charge is 0.325 e. The van der Waals surface area contributed by atoms with E-state index in [9.17, 15) is 10.1 Å². The van der Waals surface area contributed by atoms with Gasteiger partial charge in [-0.05, 0) is 29.1 Å². The van der Waals surface area contributed by atoms with Gasteiger partial charge < -0.3 is 5.73 Å². The molecule has 2 heterocycles. The lowest BCUT2D eigenvalue weighted by Crippen LogP contribution is -2.13. The SMILES string of the molecule is Cn1ncc(-c2ccc3c(=O)[nH]nc(CN)c3c2)c1-c1c(C#N)cc2ccccc2c1F. The molecule has 8 heteroatoms. The Balaban J connectivity index is 1.82. The topological polar surface area (TPSA) is 113 Å². The number of H-pyrrole nitrogens is 1. The van der Waals surface area contributed by atoms with Gasteiger partial charge in [-0.15, -0.1) is 0 Å². The highest BCUT2D eigenvalue weighted by Gasteiger charge is 2.22. The summed E-state index contributed by atoms with van der Waals surface area (Å²) in [6.07, 6.45) is 1.62. The van der Waals surface area contributed by atoms with E-state index in [0.29, 0.717) is 44.1 Å². The predicted molar refractivity (Wildman–Crippen MR) is 120 cm³/mol. The van der Waals surface area contributed by atoms with Gasteiger partial charge in [0.25, 0.3) is 5.56 Å². The summed E-state index contributed by atoms with van der Waals surface area (Å²) in [5, 5.41) is 22.8. The Morgan fingerprint density at radius 2 is 1.97 bits per heavy atom. The third kappa shape index (κ3) is 2.87. The summed E-state index contributed by atoms with van der Waals surface area (Å²) < 4.78 is 17.3. The van der Waals surface area contributed by atoms with Crippen molar-refractivity contribution in [2.24, 2.45) is 12.8 Å². The van der Waals surface area contributed by atoms with Crippen LogP contribution in [0.5, 0.6) is 0 Å². The standard InChI is InChI=1S/C24H17FN6O/c1-31-23(21-15(10-26)8-13-4-2-3-5-16(13)22(21)25)19(12-28-31)14-6-7-17-18(9-14)20(11-27)29-30-24(17)32/h2-9,12H,11,27H2,1H3,(H,30,32). The van der Waals surface area contributed by atoms with Crippen LogP contribution in [0.15, 0.2) is 59.5 Å². The molecule has 7 nitrogen and oxygen atoms in total. The fraction of sp³-hybridized carbons (Fsp3) is 0.0833. The van der Waals surface area contributed by atoms with Gasteiger partial charge in [0, 0.05) is 29.9 Å². The summed E-state index contributed by atoms with van der Waals surface area (Å²) in [5.74, 6) is -0.481. The smallest absolute Gasteiger partial charge is 0.272 e. The van der Waals surface area contributed by atoms with Crippen molar-refractivity contribution in [3.05, 3.63) is 82.2 Å². The van der Waals surface area contributed by atoms with Crippen molar-refractivity contribution in [3.63, 3.8) is 0 Å². The maximum absolute atomic E-state index is 15.7. The van der Waals surface area contributed by atoms with Gasteiger partial charge in [-0.3, -0.25) is 9.48 Å². The zero-order chi connectivity index (χ0) is 22.4. The van der Waals surface area contributed by atoms with E-state index in [0.717, 1.165) is 0 Å². The number of aromatic nitrogens is 4. The molecule has 0 aliphatic carbocycles. The van der Waals surface area contributed by atoms with Crippen LogP contribution in [0.1, 0.15) is 11.3 Å². The van der Waals surface area contributed by atoms with Gasteiger partial charge >= 0.3 is 0 Å². The lowest BCUT2D eigenvalue weighted by Gasteiger charge is -2.13. The number of nitrogens with two attached hydrogens (primary N) is 1. The fourth-order valence-electron chi connectivity index (χ4n) is 4.11. The first-order chi connectivity index (χ1) is 15.5. The van der Waals surface area contributed by atoms with Crippen molar-refractivity contribution in [1.82, 2.24) is 20.0 Å². The van der Waals surface area contributed by atoms with Gasteiger partial charge in [0.15, 0.2) is 0 Å². The van der Waals surface area contributed by atoms with Crippen LogP contribution in [0.3, 0.4) is 0 Å². The second-order valence-electron chi connectivity index (χ2n) is 7.44. The fourth-order valence-corrected chi connectivity index (χ4v) is 4.11. The van der Waals surface area contributed by atoms with Crippen LogP contribution in [0, 0.1) is 17.1 Å². The number of fused-ring (bicyclic) bond motifs is 2. The summed E-state index contributed by atoms with van der Waals surface area (Å²) >= 11 is 0. The van der Waals surface area contributed by atoms with Gasteiger partial charge in [-0.1, -0.05) is 30.3 Å². The molecule has 0 spiro atoms. The Hall–Kier alpha value is -4.35. The molecular weight excluding hydrogens is 407 g/mol. The monoisotopic (exact) mass is 424 g/mol. The lowest BCUT2D eigenvalue weighted by atomic mass is 9.93. The summed E-state index contributed by atoms with van der Waals surface area (Å²) in [7, 11) is 1.70. The number of nitrogens with zero attached hydrogens (tertiary/aromatic N) is 4. The molecule has 32 heavy (non-hydrogen) atoms. The first-order valence-corrected chi connectivity index (χ1v) is 9.89. The number of nitrogens with one attached hydrogen (secondary N) is 1. The Morgan fingerprint density at radius 1 is 1.16 bits per heavy atom. The maximum atomic E-state index is 15.7. The predicted octanol–water partition coefficient (Wildman–Crippen LogP) is 3.61. The average molecular weight is 424 g/mol. The molecule has 0 saturated carbocycles. The molecule has 5 rings (SSSR count). The second kappa shape index (κ2) is 7.41. The number of aryl methyl sites for hydroxylation is 1. The Kier molecular flexibility index (Phi) is 4.54. The molecule has 2 aromatic heterocycles. The molecule has 0 fully saturated rings. The number of nitriles is 1. The van der Waals surface area contributed by atoms with Crippen LogP contribution in [0.4, 0.5) is 4.39 Å². The number of halogens is 1. The zero-order valence-corrected chi connectivity index (χ0v) is 17.1. The minimum absolute atomic E-state index is 0.147. The van der Waals surface area contributed by atoms with Gasteiger partial charge in [0.05, 0.1) is 40.2 Å². The normalized spacial score (nSPS) is 11.2. The van der Waals surface area contributed by atoms with E-state index in [1.807, 2.05) is 0 Å². The van der Waals surface area contributed by atoms with E-state index in [-0.39, 0.29) is 23.2 Å². The molecule has 0 radical (unpaired) electrons. The molecule has 0 saturated heterocycles. The Labute approximate surface area is 181 Å². The van der Waals surface area contributed by atoms with Crippen molar-refractivity contribution in [2.75, 3.05) is 0 Å². The van der Waals surface area contributed by atoms with Crippen LogP contribution in [-0.4, -0.2) is 20.0 Å². The van der Waals surface area contributed by atoms with Gasteiger partial charge in [-0.2, -0.15) is 15.5 Å².